The van der Waals surface area contributed by atoms with E-state index >= 15 is 0 Å². The van der Waals surface area contributed by atoms with Crippen molar-refractivity contribution < 1.29 is 45.0 Å². The van der Waals surface area contributed by atoms with E-state index in [1.807, 2.05) is 0 Å². The molecular formula is C21H16F4N2O6S. The van der Waals surface area contributed by atoms with E-state index in [4.69, 9.17) is 9.47 Å². The number of aromatic amines is 1. The summed E-state index contributed by atoms with van der Waals surface area (Å²) in [6, 6.07) is 10.9. The Morgan fingerprint density at radius 2 is 1.32 bits per heavy atom. The van der Waals surface area contributed by atoms with Gasteiger partial charge in [-0.05, 0) is 48.5 Å². The summed E-state index contributed by atoms with van der Waals surface area (Å²) in [7, 11) is -5.89. The van der Waals surface area contributed by atoms with Gasteiger partial charge in [-0.15, -0.1) is 0 Å². The highest BCUT2D eigenvalue weighted by Crippen LogP contribution is 2.38. The number of halogens is 4. The minimum absolute atomic E-state index is 0.0850. The van der Waals surface area contributed by atoms with E-state index in [1.54, 1.807) is 0 Å². The molecule has 34 heavy (non-hydrogen) atoms. The summed E-state index contributed by atoms with van der Waals surface area (Å²) in [6.45, 7) is 2.36. The van der Waals surface area contributed by atoms with E-state index in [0.717, 1.165) is 0 Å². The fraction of sp³-hybridized carbons (Fsp3) is 0.190. The Morgan fingerprint density at radius 1 is 0.882 bits per heavy atom. The van der Waals surface area contributed by atoms with Crippen molar-refractivity contribution in [3.05, 3.63) is 48.5 Å². The summed E-state index contributed by atoms with van der Waals surface area (Å²) in [6.07, 6.45) is -4.49. The number of carbonyl (C=O) groups excluding carboxylic acids is 2. The number of sulfone groups is 1. The number of esters is 2. The van der Waals surface area contributed by atoms with Crippen LogP contribution in [0.3, 0.4) is 0 Å². The maximum absolute atomic E-state index is 13.8. The van der Waals surface area contributed by atoms with E-state index in [2.05, 4.69) is 9.97 Å². The molecule has 8 nitrogen and oxygen atoms in total. The second-order valence-corrected chi connectivity index (χ2v) is 8.81. The van der Waals surface area contributed by atoms with E-state index in [0.29, 0.717) is 0 Å². The third-order valence-electron chi connectivity index (χ3n) is 4.34. The molecule has 1 heterocycles. The average Bonchev–Trinajstić information content (AvgIpc) is 3.20. The smallest absolute Gasteiger partial charge is 0.411 e. The Bertz CT molecular complexity index is 1240. The van der Waals surface area contributed by atoms with Crippen molar-refractivity contribution in [1.82, 2.24) is 9.97 Å². The zero-order valence-corrected chi connectivity index (χ0v) is 18.3. The van der Waals surface area contributed by atoms with Crippen molar-refractivity contribution in [2.45, 2.75) is 30.7 Å². The molecule has 0 amide bonds. The summed E-state index contributed by atoms with van der Waals surface area (Å²) in [4.78, 5) is 28.1. The molecule has 2 aromatic carbocycles. The van der Waals surface area contributed by atoms with Gasteiger partial charge < -0.3 is 14.5 Å². The SMILES string of the molecule is CC(=O)Oc1ccc(-c2nc(S(=O)(=O)C(F)(F)C(F)F)[nH]c2-c2ccc(OC(C)=O)cc2)cc1. The van der Waals surface area contributed by atoms with Crippen LogP contribution in [0, 0.1) is 0 Å². The minimum atomic E-state index is -5.89. The van der Waals surface area contributed by atoms with Crippen LogP contribution in [0.4, 0.5) is 17.6 Å². The second kappa shape index (κ2) is 9.25. The summed E-state index contributed by atoms with van der Waals surface area (Å²) >= 11 is 0. The number of H-pyrrole nitrogens is 1. The van der Waals surface area contributed by atoms with Gasteiger partial charge in [-0.1, -0.05) is 0 Å². The molecule has 0 aliphatic carbocycles. The molecule has 0 unspecified atom stereocenters. The van der Waals surface area contributed by atoms with Gasteiger partial charge in [-0.25, -0.2) is 22.2 Å². The Balaban J connectivity index is 2.15. The highest BCUT2D eigenvalue weighted by molar-refractivity contribution is 7.92. The first-order valence-electron chi connectivity index (χ1n) is 9.41. The Morgan fingerprint density at radius 3 is 1.74 bits per heavy atom. The lowest BCUT2D eigenvalue weighted by Crippen LogP contribution is -2.37. The maximum Gasteiger partial charge on any atom is 0.411 e. The Kier molecular flexibility index (Phi) is 6.77. The molecule has 1 aromatic heterocycles. The predicted octanol–water partition coefficient (Wildman–Crippen LogP) is 4.23. The molecule has 13 heteroatoms. The van der Waals surface area contributed by atoms with Crippen LogP contribution in [0.15, 0.2) is 53.7 Å². The molecule has 0 aliphatic heterocycles. The van der Waals surface area contributed by atoms with Crippen LogP contribution in [-0.2, 0) is 19.4 Å². The molecule has 0 radical (unpaired) electrons. The zero-order valence-electron chi connectivity index (χ0n) is 17.5. The van der Waals surface area contributed by atoms with Crippen molar-refractivity contribution in [3.8, 4) is 34.0 Å². The zero-order chi connectivity index (χ0) is 25.3. The topological polar surface area (TPSA) is 115 Å². The molecule has 0 saturated carbocycles. The maximum atomic E-state index is 13.8. The normalized spacial score (nSPS) is 12.0. The molecule has 3 aromatic rings. The third-order valence-corrected chi connectivity index (χ3v) is 5.94. The van der Waals surface area contributed by atoms with Crippen molar-refractivity contribution >= 4 is 21.8 Å². The van der Waals surface area contributed by atoms with Crippen molar-refractivity contribution in [1.29, 1.82) is 0 Å². The molecular weight excluding hydrogens is 484 g/mol. The van der Waals surface area contributed by atoms with Crippen molar-refractivity contribution in [2.75, 3.05) is 0 Å². The largest absolute Gasteiger partial charge is 0.427 e. The number of nitrogens with one attached hydrogen (secondary N) is 1. The number of alkyl halides is 4. The van der Waals surface area contributed by atoms with Crippen LogP contribution in [-0.4, -0.2) is 42.0 Å². The lowest BCUT2D eigenvalue weighted by atomic mass is 10.0. The molecule has 1 N–H and O–H groups in total. The van der Waals surface area contributed by atoms with Crippen molar-refractivity contribution in [2.24, 2.45) is 0 Å². The van der Waals surface area contributed by atoms with Gasteiger partial charge in [0, 0.05) is 25.0 Å². The number of benzene rings is 2. The third kappa shape index (κ3) is 4.93. The van der Waals surface area contributed by atoms with E-state index in [-0.39, 0.29) is 34.0 Å². The van der Waals surface area contributed by atoms with Crippen LogP contribution in [0.1, 0.15) is 13.8 Å². The Labute approximate surface area is 190 Å². The van der Waals surface area contributed by atoms with Crippen molar-refractivity contribution in [3.63, 3.8) is 0 Å². The number of carbonyl (C=O) groups is 2. The number of imidazole rings is 1. The van der Waals surface area contributed by atoms with Crippen LogP contribution >= 0.6 is 0 Å². The highest BCUT2D eigenvalue weighted by atomic mass is 32.2. The average molecular weight is 500 g/mol. The first kappa shape index (κ1) is 24.9. The first-order valence-corrected chi connectivity index (χ1v) is 10.9. The summed E-state index contributed by atoms with van der Waals surface area (Å²) in [5.74, 6) is -0.884. The summed E-state index contributed by atoms with van der Waals surface area (Å²) in [5.41, 5.74) is 0.189. The first-order chi connectivity index (χ1) is 15.8. The molecule has 0 fully saturated rings. The van der Waals surface area contributed by atoms with Gasteiger partial charge in [0.1, 0.15) is 11.5 Å². The van der Waals surface area contributed by atoms with Crippen LogP contribution in [0.2, 0.25) is 0 Å². The fourth-order valence-corrected chi connectivity index (χ4v) is 3.79. The summed E-state index contributed by atoms with van der Waals surface area (Å²) < 4.78 is 87.5. The molecule has 180 valence electrons. The van der Waals surface area contributed by atoms with Gasteiger partial charge >= 0.3 is 23.6 Å². The molecule has 0 atom stereocenters. The number of hydrogen-bond donors (Lipinski definition) is 1. The number of ether oxygens (including phenoxy) is 2. The monoisotopic (exact) mass is 500 g/mol. The van der Waals surface area contributed by atoms with Crippen LogP contribution in [0.5, 0.6) is 11.5 Å². The van der Waals surface area contributed by atoms with Gasteiger partial charge in [0.25, 0.3) is 9.84 Å². The number of aromatic nitrogens is 2. The number of rotatable bonds is 7. The molecule has 0 saturated heterocycles. The van der Waals surface area contributed by atoms with Crippen LogP contribution in [0.25, 0.3) is 22.5 Å². The Hall–Kier alpha value is -3.74. The van der Waals surface area contributed by atoms with Gasteiger partial charge in [0.15, 0.2) is 0 Å². The fourth-order valence-electron chi connectivity index (χ4n) is 2.85. The van der Waals surface area contributed by atoms with Crippen LogP contribution < -0.4 is 9.47 Å². The summed E-state index contributed by atoms with van der Waals surface area (Å²) in [5, 5.41) is -6.76. The van der Waals surface area contributed by atoms with Gasteiger partial charge in [-0.3, -0.25) is 9.59 Å². The number of hydrogen-bond acceptors (Lipinski definition) is 7. The number of nitrogens with zero attached hydrogens (tertiary/aromatic N) is 1. The standard InChI is InChI=1S/C21H16F4N2O6S/c1-11(28)32-15-7-3-13(4-8-15)17-18(14-5-9-16(10-6-14)33-12(2)29)27-20(26-17)34(30,31)21(24,25)19(22)23/h3-10,19H,1-2H3,(H,26,27). The van der Waals surface area contributed by atoms with Gasteiger partial charge in [-0.2, -0.15) is 8.78 Å². The van der Waals surface area contributed by atoms with E-state index in [1.165, 1.54) is 62.4 Å². The predicted molar refractivity (Wildman–Crippen MR) is 110 cm³/mol. The second-order valence-electron chi connectivity index (χ2n) is 6.87. The van der Waals surface area contributed by atoms with Gasteiger partial charge in [0.2, 0.25) is 5.16 Å². The van der Waals surface area contributed by atoms with E-state index in [9.17, 15) is 35.6 Å². The lowest BCUT2D eigenvalue weighted by Gasteiger charge is -2.13. The molecule has 3 rings (SSSR count). The minimum Gasteiger partial charge on any atom is -0.427 e. The molecule has 0 spiro atoms. The quantitative estimate of drug-likeness (QED) is 0.293. The van der Waals surface area contributed by atoms with E-state index < -0.39 is 38.6 Å². The highest BCUT2D eigenvalue weighted by Gasteiger charge is 2.56. The molecule has 0 aliphatic rings. The molecule has 0 bridgehead atoms. The van der Waals surface area contributed by atoms with Gasteiger partial charge in [0.05, 0.1) is 11.4 Å². The lowest BCUT2D eigenvalue weighted by molar-refractivity contribution is -0.132.